The van der Waals surface area contributed by atoms with Crippen molar-refractivity contribution in [3.63, 3.8) is 0 Å². The molecule has 0 radical (unpaired) electrons. The third-order valence-corrected chi connectivity index (χ3v) is 2.71. The first-order valence-corrected chi connectivity index (χ1v) is 5.37. The molecule has 1 fully saturated rings. The molecule has 2 rings (SSSR count). The molecule has 1 saturated heterocycles. The molecule has 1 atom stereocenters. The molecule has 0 unspecified atom stereocenters. The van der Waals surface area contributed by atoms with Crippen molar-refractivity contribution in [1.82, 2.24) is 4.90 Å². The average molecular weight is 221 g/mol. The lowest BCUT2D eigenvalue weighted by Crippen LogP contribution is -2.23. The summed E-state index contributed by atoms with van der Waals surface area (Å²) in [7, 11) is 0. The summed E-state index contributed by atoms with van der Waals surface area (Å²) >= 11 is 0. The highest BCUT2D eigenvalue weighted by Gasteiger charge is 2.22. The largest absolute Gasteiger partial charge is 0.489 e. The molecule has 0 aromatic heterocycles. The summed E-state index contributed by atoms with van der Waals surface area (Å²) in [5, 5.41) is 8.99. The van der Waals surface area contributed by atoms with E-state index in [1.165, 1.54) is 0 Å². The quantitative estimate of drug-likeness (QED) is 0.765. The SMILES string of the molecule is O=CN1CC[C@H](Oc2cccc(CO)c2)C1. The first-order chi connectivity index (χ1) is 7.81. The number of hydrogen-bond acceptors (Lipinski definition) is 3. The van der Waals surface area contributed by atoms with Gasteiger partial charge in [-0.15, -0.1) is 0 Å². The number of ether oxygens (including phenoxy) is 1. The molecule has 1 amide bonds. The highest BCUT2D eigenvalue weighted by molar-refractivity contribution is 5.47. The number of amides is 1. The fraction of sp³-hybridized carbons (Fsp3) is 0.417. The molecule has 1 aromatic carbocycles. The van der Waals surface area contributed by atoms with Gasteiger partial charge in [-0.1, -0.05) is 12.1 Å². The predicted molar refractivity (Wildman–Crippen MR) is 59.0 cm³/mol. The molecule has 0 aliphatic carbocycles. The van der Waals surface area contributed by atoms with Crippen LogP contribution in [0.1, 0.15) is 12.0 Å². The summed E-state index contributed by atoms with van der Waals surface area (Å²) in [4.78, 5) is 12.3. The Bertz CT molecular complexity index is 367. The Labute approximate surface area is 94.4 Å². The third kappa shape index (κ3) is 2.52. The molecule has 1 aromatic rings. The lowest BCUT2D eigenvalue weighted by molar-refractivity contribution is -0.117. The van der Waals surface area contributed by atoms with Crippen molar-refractivity contribution in [3.05, 3.63) is 29.8 Å². The van der Waals surface area contributed by atoms with E-state index < -0.39 is 0 Å². The molecule has 86 valence electrons. The average Bonchev–Trinajstić information content (AvgIpc) is 2.77. The lowest BCUT2D eigenvalue weighted by atomic mass is 10.2. The maximum Gasteiger partial charge on any atom is 0.209 e. The van der Waals surface area contributed by atoms with Gasteiger partial charge < -0.3 is 14.7 Å². The van der Waals surface area contributed by atoms with Crippen molar-refractivity contribution in [3.8, 4) is 5.75 Å². The van der Waals surface area contributed by atoms with Gasteiger partial charge in [0.1, 0.15) is 11.9 Å². The second-order valence-electron chi connectivity index (χ2n) is 3.93. The number of likely N-dealkylation sites (tertiary alicyclic amines) is 1. The number of benzene rings is 1. The van der Waals surface area contributed by atoms with E-state index in [0.29, 0.717) is 6.54 Å². The normalized spacial score (nSPS) is 19.8. The summed E-state index contributed by atoms with van der Waals surface area (Å²) in [6, 6.07) is 7.39. The Balaban J connectivity index is 1.96. The fourth-order valence-electron chi connectivity index (χ4n) is 1.86. The van der Waals surface area contributed by atoms with E-state index >= 15 is 0 Å². The van der Waals surface area contributed by atoms with Crippen molar-refractivity contribution in [2.75, 3.05) is 13.1 Å². The molecular formula is C12H15NO3. The van der Waals surface area contributed by atoms with Crippen molar-refractivity contribution in [2.24, 2.45) is 0 Å². The Morgan fingerprint density at radius 2 is 2.44 bits per heavy atom. The molecule has 1 N–H and O–H groups in total. The Morgan fingerprint density at radius 3 is 3.12 bits per heavy atom. The van der Waals surface area contributed by atoms with Gasteiger partial charge >= 0.3 is 0 Å². The summed E-state index contributed by atoms with van der Waals surface area (Å²) in [5.74, 6) is 0.754. The van der Waals surface area contributed by atoms with Crippen molar-refractivity contribution in [2.45, 2.75) is 19.1 Å². The van der Waals surface area contributed by atoms with Gasteiger partial charge in [0.15, 0.2) is 0 Å². The molecule has 0 bridgehead atoms. The van der Waals surface area contributed by atoms with Crippen LogP contribution in [0, 0.1) is 0 Å². The molecule has 1 aliphatic heterocycles. The number of nitrogens with zero attached hydrogens (tertiary/aromatic N) is 1. The van der Waals surface area contributed by atoms with Crippen LogP contribution in [-0.4, -0.2) is 35.6 Å². The first kappa shape index (κ1) is 11.0. The number of hydrogen-bond donors (Lipinski definition) is 1. The van der Waals surface area contributed by atoms with Gasteiger partial charge in [0.2, 0.25) is 6.41 Å². The minimum atomic E-state index is 0.0162. The van der Waals surface area contributed by atoms with Crippen LogP contribution in [0.3, 0.4) is 0 Å². The van der Waals surface area contributed by atoms with Crippen LogP contribution in [0.5, 0.6) is 5.75 Å². The fourth-order valence-corrected chi connectivity index (χ4v) is 1.86. The number of carbonyl (C=O) groups is 1. The van der Waals surface area contributed by atoms with Crippen LogP contribution in [0.25, 0.3) is 0 Å². The monoisotopic (exact) mass is 221 g/mol. The summed E-state index contributed by atoms with van der Waals surface area (Å²) in [5.41, 5.74) is 0.836. The predicted octanol–water partition coefficient (Wildman–Crippen LogP) is 0.788. The molecule has 0 spiro atoms. The van der Waals surface area contributed by atoms with Crippen LogP contribution < -0.4 is 4.74 Å². The van der Waals surface area contributed by atoms with Gasteiger partial charge in [-0.25, -0.2) is 0 Å². The molecule has 4 nitrogen and oxygen atoms in total. The Morgan fingerprint density at radius 1 is 1.56 bits per heavy atom. The summed E-state index contributed by atoms with van der Waals surface area (Å²) < 4.78 is 5.74. The topological polar surface area (TPSA) is 49.8 Å². The zero-order valence-electron chi connectivity index (χ0n) is 9.00. The second kappa shape index (κ2) is 4.99. The van der Waals surface area contributed by atoms with E-state index in [1.54, 1.807) is 4.90 Å². The highest BCUT2D eigenvalue weighted by Crippen LogP contribution is 2.19. The van der Waals surface area contributed by atoms with E-state index in [-0.39, 0.29) is 12.7 Å². The molecule has 1 heterocycles. The van der Waals surface area contributed by atoms with Crippen LogP contribution in [0.2, 0.25) is 0 Å². The van der Waals surface area contributed by atoms with E-state index in [1.807, 2.05) is 24.3 Å². The maximum absolute atomic E-state index is 10.5. The summed E-state index contributed by atoms with van der Waals surface area (Å²) in [6.07, 6.45) is 1.79. The molecule has 1 aliphatic rings. The van der Waals surface area contributed by atoms with Crippen LogP contribution in [-0.2, 0) is 11.4 Å². The van der Waals surface area contributed by atoms with Gasteiger partial charge in [0.05, 0.1) is 13.2 Å². The van der Waals surface area contributed by atoms with Gasteiger partial charge in [0, 0.05) is 13.0 Å². The third-order valence-electron chi connectivity index (χ3n) is 2.71. The highest BCUT2D eigenvalue weighted by atomic mass is 16.5. The van der Waals surface area contributed by atoms with E-state index in [9.17, 15) is 4.79 Å². The molecular weight excluding hydrogens is 206 g/mol. The van der Waals surface area contributed by atoms with Gasteiger partial charge in [-0.3, -0.25) is 4.79 Å². The standard InChI is InChI=1S/C12H15NO3/c14-8-10-2-1-3-11(6-10)16-12-4-5-13(7-12)9-15/h1-3,6,9,12,14H,4-5,7-8H2/t12-/m0/s1. The van der Waals surface area contributed by atoms with Crippen molar-refractivity contribution in [1.29, 1.82) is 0 Å². The van der Waals surface area contributed by atoms with Crippen LogP contribution in [0.4, 0.5) is 0 Å². The number of aliphatic hydroxyl groups is 1. The van der Waals surface area contributed by atoms with Crippen LogP contribution >= 0.6 is 0 Å². The summed E-state index contributed by atoms with van der Waals surface area (Å²) in [6.45, 7) is 1.42. The number of rotatable bonds is 4. The van der Waals surface area contributed by atoms with E-state index in [2.05, 4.69) is 0 Å². The smallest absolute Gasteiger partial charge is 0.209 e. The van der Waals surface area contributed by atoms with Gasteiger partial charge in [-0.2, -0.15) is 0 Å². The van der Waals surface area contributed by atoms with E-state index in [4.69, 9.17) is 9.84 Å². The minimum absolute atomic E-state index is 0.0162. The van der Waals surface area contributed by atoms with Gasteiger partial charge in [-0.05, 0) is 17.7 Å². The lowest BCUT2D eigenvalue weighted by Gasteiger charge is -2.14. The second-order valence-corrected chi connectivity index (χ2v) is 3.93. The maximum atomic E-state index is 10.5. The van der Waals surface area contributed by atoms with Crippen molar-refractivity contribution >= 4 is 6.41 Å². The number of aliphatic hydroxyl groups excluding tert-OH is 1. The van der Waals surface area contributed by atoms with Gasteiger partial charge in [0.25, 0.3) is 0 Å². The van der Waals surface area contributed by atoms with Crippen LogP contribution in [0.15, 0.2) is 24.3 Å². The Kier molecular flexibility index (Phi) is 3.41. The van der Waals surface area contributed by atoms with E-state index in [0.717, 1.165) is 30.7 Å². The molecule has 16 heavy (non-hydrogen) atoms. The zero-order chi connectivity index (χ0) is 11.4. The number of carbonyl (C=O) groups excluding carboxylic acids is 1. The minimum Gasteiger partial charge on any atom is -0.489 e. The molecule has 4 heteroatoms. The first-order valence-electron chi connectivity index (χ1n) is 5.37. The molecule has 0 saturated carbocycles. The van der Waals surface area contributed by atoms with Crippen molar-refractivity contribution < 1.29 is 14.6 Å². The zero-order valence-corrected chi connectivity index (χ0v) is 9.00. The Hall–Kier alpha value is -1.55.